The average molecular weight is 311 g/mol. The molecule has 0 aliphatic carbocycles. The second kappa shape index (κ2) is 6.64. The van der Waals surface area contributed by atoms with Crippen molar-refractivity contribution in [2.24, 2.45) is 11.7 Å². The Morgan fingerprint density at radius 2 is 1.91 bits per heavy atom. The molecular formula is C17H21N5O. The van der Waals surface area contributed by atoms with Crippen LogP contribution >= 0.6 is 0 Å². The molecule has 2 heterocycles. The Morgan fingerprint density at radius 3 is 2.57 bits per heavy atom. The van der Waals surface area contributed by atoms with Crippen molar-refractivity contribution in [1.82, 2.24) is 9.97 Å². The summed E-state index contributed by atoms with van der Waals surface area (Å²) in [7, 11) is 0. The van der Waals surface area contributed by atoms with Gasteiger partial charge in [0, 0.05) is 37.2 Å². The van der Waals surface area contributed by atoms with Crippen molar-refractivity contribution >= 4 is 17.7 Å². The number of benzene rings is 1. The zero-order chi connectivity index (χ0) is 16.2. The smallest absolute Gasteiger partial charge is 0.221 e. The minimum Gasteiger partial charge on any atom is -0.369 e. The van der Waals surface area contributed by atoms with Gasteiger partial charge in [-0.1, -0.05) is 30.3 Å². The van der Waals surface area contributed by atoms with Crippen LogP contribution in [0.15, 0.2) is 36.5 Å². The molecule has 0 spiro atoms. The fourth-order valence-corrected chi connectivity index (χ4v) is 3.00. The molecule has 1 aromatic carbocycles. The second-order valence-corrected chi connectivity index (χ2v) is 5.90. The lowest BCUT2D eigenvalue weighted by molar-refractivity contribution is -0.122. The molecule has 1 fully saturated rings. The number of hydrogen-bond acceptors (Lipinski definition) is 5. The zero-order valence-electron chi connectivity index (χ0n) is 13.0. The fraction of sp³-hybridized carbons (Fsp3) is 0.353. The lowest BCUT2D eigenvalue weighted by atomic mass is 9.96. The van der Waals surface area contributed by atoms with Crippen LogP contribution in [0.3, 0.4) is 0 Å². The van der Waals surface area contributed by atoms with Crippen LogP contribution in [-0.4, -0.2) is 29.0 Å². The van der Waals surface area contributed by atoms with Gasteiger partial charge in [0.1, 0.15) is 5.82 Å². The number of primary amides is 1. The Kier molecular flexibility index (Phi) is 4.41. The minimum atomic E-state index is -0.212. The van der Waals surface area contributed by atoms with Gasteiger partial charge in [0.25, 0.3) is 0 Å². The molecule has 0 atom stereocenters. The molecule has 1 aliphatic heterocycles. The van der Waals surface area contributed by atoms with Crippen molar-refractivity contribution in [3.63, 3.8) is 0 Å². The number of amides is 1. The molecule has 4 N–H and O–H groups in total. The van der Waals surface area contributed by atoms with E-state index in [4.69, 9.17) is 11.5 Å². The van der Waals surface area contributed by atoms with Gasteiger partial charge >= 0.3 is 0 Å². The topological polar surface area (TPSA) is 98.1 Å². The molecule has 120 valence electrons. The third kappa shape index (κ3) is 3.59. The summed E-state index contributed by atoms with van der Waals surface area (Å²) in [6.07, 6.45) is 4.06. The van der Waals surface area contributed by atoms with E-state index >= 15 is 0 Å². The number of nitrogens with zero attached hydrogens (tertiary/aromatic N) is 3. The number of aromatic nitrogens is 2. The fourth-order valence-electron chi connectivity index (χ4n) is 3.00. The predicted molar refractivity (Wildman–Crippen MR) is 89.8 cm³/mol. The SMILES string of the molecule is NC(=O)C1CCN(c2nc(N)ncc2Cc2ccccc2)CC1. The first kappa shape index (κ1) is 15.3. The molecule has 0 bridgehead atoms. The third-order valence-electron chi connectivity index (χ3n) is 4.29. The highest BCUT2D eigenvalue weighted by Crippen LogP contribution is 2.26. The number of carbonyl (C=O) groups is 1. The molecule has 0 unspecified atom stereocenters. The summed E-state index contributed by atoms with van der Waals surface area (Å²) in [5, 5.41) is 0. The Balaban J connectivity index is 1.81. The van der Waals surface area contributed by atoms with Crippen molar-refractivity contribution in [3.05, 3.63) is 47.7 Å². The van der Waals surface area contributed by atoms with Crippen molar-refractivity contribution in [2.45, 2.75) is 19.3 Å². The number of rotatable bonds is 4. The molecule has 0 radical (unpaired) electrons. The Hall–Kier alpha value is -2.63. The summed E-state index contributed by atoms with van der Waals surface area (Å²) in [4.78, 5) is 22.1. The lowest BCUT2D eigenvalue weighted by Crippen LogP contribution is -2.39. The quantitative estimate of drug-likeness (QED) is 0.888. The molecular weight excluding hydrogens is 290 g/mol. The predicted octanol–water partition coefficient (Wildman–Crippen LogP) is 1.35. The van der Waals surface area contributed by atoms with E-state index in [9.17, 15) is 4.79 Å². The summed E-state index contributed by atoms with van der Waals surface area (Å²) < 4.78 is 0. The maximum absolute atomic E-state index is 11.3. The number of anilines is 2. The summed E-state index contributed by atoms with van der Waals surface area (Å²) in [5.41, 5.74) is 13.4. The van der Waals surface area contributed by atoms with Crippen LogP contribution in [0.25, 0.3) is 0 Å². The largest absolute Gasteiger partial charge is 0.369 e. The maximum atomic E-state index is 11.3. The number of nitrogens with two attached hydrogens (primary N) is 2. The van der Waals surface area contributed by atoms with Crippen LogP contribution < -0.4 is 16.4 Å². The first-order valence-corrected chi connectivity index (χ1v) is 7.83. The van der Waals surface area contributed by atoms with Gasteiger partial charge < -0.3 is 16.4 Å². The second-order valence-electron chi connectivity index (χ2n) is 5.90. The van der Waals surface area contributed by atoms with E-state index in [1.165, 1.54) is 5.56 Å². The average Bonchev–Trinajstić information content (AvgIpc) is 2.57. The molecule has 3 rings (SSSR count). The molecule has 2 aromatic rings. The van der Waals surface area contributed by atoms with Gasteiger partial charge in [-0.3, -0.25) is 4.79 Å². The molecule has 0 saturated carbocycles. The van der Waals surface area contributed by atoms with E-state index in [-0.39, 0.29) is 17.8 Å². The van der Waals surface area contributed by atoms with Crippen molar-refractivity contribution in [3.8, 4) is 0 Å². The van der Waals surface area contributed by atoms with E-state index in [1.54, 1.807) is 6.20 Å². The van der Waals surface area contributed by atoms with Crippen LogP contribution in [0.1, 0.15) is 24.0 Å². The summed E-state index contributed by atoms with van der Waals surface area (Å²) in [5.74, 6) is 0.887. The van der Waals surface area contributed by atoms with Crippen LogP contribution in [0.2, 0.25) is 0 Å². The number of carbonyl (C=O) groups excluding carboxylic acids is 1. The number of nitrogen functional groups attached to an aromatic ring is 1. The van der Waals surface area contributed by atoms with Gasteiger partial charge in [0.2, 0.25) is 11.9 Å². The molecule has 6 nitrogen and oxygen atoms in total. The minimum absolute atomic E-state index is 0.0389. The first-order chi connectivity index (χ1) is 11.1. The monoisotopic (exact) mass is 311 g/mol. The maximum Gasteiger partial charge on any atom is 0.221 e. The van der Waals surface area contributed by atoms with Gasteiger partial charge in [-0.15, -0.1) is 0 Å². The van der Waals surface area contributed by atoms with Crippen molar-refractivity contribution in [1.29, 1.82) is 0 Å². The van der Waals surface area contributed by atoms with Gasteiger partial charge in [-0.05, 0) is 18.4 Å². The highest BCUT2D eigenvalue weighted by molar-refractivity contribution is 5.77. The van der Waals surface area contributed by atoms with Crippen molar-refractivity contribution in [2.75, 3.05) is 23.7 Å². The van der Waals surface area contributed by atoms with Crippen LogP contribution in [-0.2, 0) is 11.2 Å². The van der Waals surface area contributed by atoms with E-state index in [2.05, 4.69) is 27.0 Å². The van der Waals surface area contributed by atoms with Crippen molar-refractivity contribution < 1.29 is 4.79 Å². The highest BCUT2D eigenvalue weighted by Gasteiger charge is 2.25. The Labute approximate surface area is 135 Å². The molecule has 1 aliphatic rings. The van der Waals surface area contributed by atoms with Gasteiger partial charge in [0.15, 0.2) is 0 Å². The van der Waals surface area contributed by atoms with Crippen LogP contribution in [0.4, 0.5) is 11.8 Å². The van der Waals surface area contributed by atoms with E-state index in [0.717, 1.165) is 43.7 Å². The molecule has 1 amide bonds. The number of hydrogen-bond donors (Lipinski definition) is 2. The summed E-state index contributed by atoms with van der Waals surface area (Å²) >= 11 is 0. The molecule has 1 saturated heterocycles. The van der Waals surface area contributed by atoms with Gasteiger partial charge in [0.05, 0.1) is 0 Å². The molecule has 23 heavy (non-hydrogen) atoms. The summed E-state index contributed by atoms with van der Waals surface area (Å²) in [6.45, 7) is 1.51. The zero-order valence-corrected chi connectivity index (χ0v) is 13.0. The first-order valence-electron chi connectivity index (χ1n) is 7.83. The Morgan fingerprint density at radius 1 is 1.22 bits per heavy atom. The Bertz CT molecular complexity index is 681. The van der Waals surface area contributed by atoms with Gasteiger partial charge in [-0.2, -0.15) is 4.98 Å². The molecule has 1 aromatic heterocycles. The third-order valence-corrected chi connectivity index (χ3v) is 4.29. The van der Waals surface area contributed by atoms with Gasteiger partial charge in [-0.25, -0.2) is 4.98 Å². The number of piperidine rings is 1. The van der Waals surface area contributed by atoms with E-state index in [1.807, 2.05) is 18.2 Å². The van der Waals surface area contributed by atoms with E-state index < -0.39 is 0 Å². The van der Waals surface area contributed by atoms with Crippen LogP contribution in [0.5, 0.6) is 0 Å². The van der Waals surface area contributed by atoms with E-state index in [0.29, 0.717) is 0 Å². The standard InChI is InChI=1S/C17H21N5O/c18-15(23)13-6-8-22(9-7-13)16-14(11-20-17(19)21-16)10-12-4-2-1-3-5-12/h1-5,11,13H,6-10H2,(H2,18,23)(H2,19,20,21). The molecule has 6 heteroatoms. The lowest BCUT2D eigenvalue weighted by Gasteiger charge is -2.32. The normalized spacial score (nSPS) is 15.6. The summed E-state index contributed by atoms with van der Waals surface area (Å²) in [6, 6.07) is 10.2. The highest BCUT2D eigenvalue weighted by atomic mass is 16.1. The van der Waals surface area contributed by atoms with Crippen LogP contribution in [0, 0.1) is 5.92 Å².